The van der Waals surface area contributed by atoms with Gasteiger partial charge in [-0.2, -0.15) is 0 Å². The Balaban J connectivity index is 2.19. The number of carbonyl (C=O) groups excluding carboxylic acids is 1. The van der Waals surface area contributed by atoms with E-state index < -0.39 is 5.60 Å². The first-order valence-corrected chi connectivity index (χ1v) is 7.91. The van der Waals surface area contributed by atoms with Gasteiger partial charge < -0.3 is 14.4 Å². The lowest BCUT2D eigenvalue weighted by Gasteiger charge is -2.35. The van der Waals surface area contributed by atoms with Gasteiger partial charge in [0, 0.05) is 39.3 Å². The molecule has 0 unspecified atom stereocenters. The lowest BCUT2D eigenvalue weighted by atomic mass is 10.2. The lowest BCUT2D eigenvalue weighted by Crippen LogP contribution is -2.50. The molecule has 1 amide bonds. The summed E-state index contributed by atoms with van der Waals surface area (Å²) in [6.07, 6.45) is 0.835. The first-order valence-electron chi connectivity index (χ1n) is 7.91. The van der Waals surface area contributed by atoms with Crippen LogP contribution in [0.2, 0.25) is 0 Å². The van der Waals surface area contributed by atoms with Gasteiger partial charge in [-0.05, 0) is 48.0 Å². The molecule has 1 aliphatic rings. The molecule has 1 aliphatic heterocycles. The monoisotopic (exact) mass is 300 g/mol. The van der Waals surface area contributed by atoms with Gasteiger partial charge in [-0.25, -0.2) is 4.79 Å². The molecule has 124 valence electrons. The SMILES string of the molecule is CC(C)(C)OCCCN1CCN(C(=O)OC(C)(C)C)CC1. The molecule has 1 rings (SSSR count). The third-order valence-corrected chi connectivity index (χ3v) is 3.18. The van der Waals surface area contributed by atoms with Crippen molar-refractivity contribution >= 4 is 6.09 Å². The van der Waals surface area contributed by atoms with E-state index in [1.165, 1.54) is 0 Å². The second-order valence-electron chi connectivity index (χ2n) is 7.62. The summed E-state index contributed by atoms with van der Waals surface area (Å²) >= 11 is 0. The van der Waals surface area contributed by atoms with Crippen molar-refractivity contribution in [2.24, 2.45) is 0 Å². The van der Waals surface area contributed by atoms with Crippen LogP contribution in [0.1, 0.15) is 48.0 Å². The molecule has 0 spiro atoms. The van der Waals surface area contributed by atoms with Crippen molar-refractivity contribution < 1.29 is 14.3 Å². The van der Waals surface area contributed by atoms with Crippen molar-refractivity contribution in [3.8, 4) is 0 Å². The Kier molecular flexibility index (Phi) is 6.47. The van der Waals surface area contributed by atoms with Crippen LogP contribution in [-0.2, 0) is 9.47 Å². The van der Waals surface area contributed by atoms with E-state index in [0.29, 0.717) is 0 Å². The molecule has 0 bridgehead atoms. The van der Waals surface area contributed by atoms with E-state index in [2.05, 4.69) is 25.7 Å². The maximum absolute atomic E-state index is 12.0. The van der Waals surface area contributed by atoms with Gasteiger partial charge in [0.1, 0.15) is 5.60 Å². The quantitative estimate of drug-likeness (QED) is 0.749. The molecule has 0 radical (unpaired) electrons. The smallest absolute Gasteiger partial charge is 0.410 e. The Morgan fingerprint density at radius 3 is 2.00 bits per heavy atom. The first-order chi connectivity index (χ1) is 9.57. The van der Waals surface area contributed by atoms with Gasteiger partial charge in [-0.3, -0.25) is 4.90 Å². The van der Waals surface area contributed by atoms with E-state index in [1.54, 1.807) is 4.90 Å². The molecule has 0 atom stereocenters. The molecule has 1 fully saturated rings. The van der Waals surface area contributed by atoms with Crippen LogP contribution < -0.4 is 0 Å². The minimum absolute atomic E-state index is 0.0601. The van der Waals surface area contributed by atoms with E-state index in [1.807, 2.05) is 20.8 Å². The summed E-state index contributed by atoms with van der Waals surface area (Å²) in [5.74, 6) is 0. The van der Waals surface area contributed by atoms with Gasteiger partial charge in [0.25, 0.3) is 0 Å². The fourth-order valence-corrected chi connectivity index (χ4v) is 2.15. The predicted molar refractivity (Wildman–Crippen MR) is 84.6 cm³/mol. The summed E-state index contributed by atoms with van der Waals surface area (Å²) in [6.45, 7) is 17.1. The van der Waals surface area contributed by atoms with Crippen LogP contribution in [0.25, 0.3) is 0 Å². The molecule has 5 heteroatoms. The van der Waals surface area contributed by atoms with E-state index in [4.69, 9.17) is 9.47 Å². The largest absolute Gasteiger partial charge is 0.444 e. The number of piperazine rings is 1. The number of amides is 1. The first kappa shape index (κ1) is 18.2. The van der Waals surface area contributed by atoms with Gasteiger partial charge in [0.15, 0.2) is 0 Å². The molecular weight excluding hydrogens is 268 g/mol. The lowest BCUT2D eigenvalue weighted by molar-refractivity contribution is -0.0103. The highest BCUT2D eigenvalue weighted by atomic mass is 16.6. The van der Waals surface area contributed by atoms with E-state index in [-0.39, 0.29) is 11.7 Å². The van der Waals surface area contributed by atoms with Crippen molar-refractivity contribution in [1.82, 2.24) is 9.80 Å². The summed E-state index contributed by atoms with van der Waals surface area (Å²) in [5, 5.41) is 0. The van der Waals surface area contributed by atoms with Crippen LogP contribution in [0.15, 0.2) is 0 Å². The molecule has 0 aromatic carbocycles. The Labute approximate surface area is 129 Å². The maximum Gasteiger partial charge on any atom is 0.410 e. The van der Waals surface area contributed by atoms with Gasteiger partial charge in [-0.15, -0.1) is 0 Å². The fourth-order valence-electron chi connectivity index (χ4n) is 2.15. The van der Waals surface area contributed by atoms with Crippen molar-refractivity contribution in [3.63, 3.8) is 0 Å². The number of ether oxygens (including phenoxy) is 2. The Morgan fingerprint density at radius 1 is 0.952 bits per heavy atom. The fraction of sp³-hybridized carbons (Fsp3) is 0.938. The molecule has 0 aromatic heterocycles. The molecule has 0 saturated carbocycles. The average Bonchev–Trinajstić information content (AvgIpc) is 2.32. The average molecular weight is 300 g/mol. The van der Waals surface area contributed by atoms with E-state index >= 15 is 0 Å². The minimum atomic E-state index is -0.418. The Morgan fingerprint density at radius 2 is 1.52 bits per heavy atom. The van der Waals surface area contributed by atoms with Crippen molar-refractivity contribution in [1.29, 1.82) is 0 Å². The number of hydrogen-bond donors (Lipinski definition) is 0. The third kappa shape index (κ3) is 8.27. The maximum atomic E-state index is 12.0. The zero-order chi connectivity index (χ0) is 16.1. The van der Waals surface area contributed by atoms with Gasteiger partial charge in [0.05, 0.1) is 5.60 Å². The number of hydrogen-bond acceptors (Lipinski definition) is 4. The highest BCUT2D eigenvalue weighted by Crippen LogP contribution is 2.12. The molecule has 5 nitrogen and oxygen atoms in total. The van der Waals surface area contributed by atoms with Crippen LogP contribution >= 0.6 is 0 Å². The third-order valence-electron chi connectivity index (χ3n) is 3.18. The molecule has 0 aliphatic carbocycles. The van der Waals surface area contributed by atoms with Crippen LogP contribution in [-0.4, -0.2) is 66.4 Å². The second-order valence-corrected chi connectivity index (χ2v) is 7.62. The van der Waals surface area contributed by atoms with Crippen LogP contribution in [0.5, 0.6) is 0 Å². The van der Waals surface area contributed by atoms with E-state index in [9.17, 15) is 4.79 Å². The van der Waals surface area contributed by atoms with Crippen LogP contribution in [0.3, 0.4) is 0 Å². The van der Waals surface area contributed by atoms with Crippen molar-refractivity contribution in [2.75, 3.05) is 39.3 Å². The molecular formula is C16H32N2O3. The van der Waals surface area contributed by atoms with Crippen LogP contribution in [0.4, 0.5) is 4.79 Å². The van der Waals surface area contributed by atoms with Crippen molar-refractivity contribution in [2.45, 2.75) is 59.2 Å². The molecule has 0 aromatic rings. The van der Waals surface area contributed by atoms with E-state index in [0.717, 1.165) is 45.8 Å². The number of carbonyl (C=O) groups is 1. The standard InChI is InChI=1S/C16H32N2O3/c1-15(2,3)20-13-7-8-17-9-11-18(12-10-17)14(19)21-16(4,5)6/h7-13H2,1-6H3. The molecule has 0 N–H and O–H groups in total. The Hall–Kier alpha value is -0.810. The number of nitrogens with zero attached hydrogens (tertiary/aromatic N) is 2. The Bertz CT molecular complexity index is 323. The topological polar surface area (TPSA) is 42.0 Å². The molecule has 1 saturated heterocycles. The zero-order valence-electron chi connectivity index (χ0n) is 14.6. The van der Waals surface area contributed by atoms with Gasteiger partial charge >= 0.3 is 6.09 Å². The summed E-state index contributed by atoms with van der Waals surface area (Å²) in [4.78, 5) is 16.1. The second kappa shape index (κ2) is 7.45. The molecule has 1 heterocycles. The summed E-state index contributed by atoms with van der Waals surface area (Å²) in [7, 11) is 0. The summed E-state index contributed by atoms with van der Waals surface area (Å²) in [5.41, 5.74) is -0.478. The normalized spacial score (nSPS) is 17.9. The van der Waals surface area contributed by atoms with Crippen LogP contribution in [0, 0.1) is 0 Å². The predicted octanol–water partition coefficient (Wildman–Crippen LogP) is 2.74. The number of rotatable bonds is 4. The minimum Gasteiger partial charge on any atom is -0.444 e. The zero-order valence-corrected chi connectivity index (χ0v) is 14.6. The molecule has 21 heavy (non-hydrogen) atoms. The van der Waals surface area contributed by atoms with Crippen molar-refractivity contribution in [3.05, 3.63) is 0 Å². The summed E-state index contributed by atoms with van der Waals surface area (Å²) < 4.78 is 11.1. The highest BCUT2D eigenvalue weighted by Gasteiger charge is 2.25. The van der Waals surface area contributed by atoms with Gasteiger partial charge in [-0.1, -0.05) is 0 Å². The summed E-state index contributed by atoms with van der Waals surface area (Å²) in [6, 6.07) is 0. The van der Waals surface area contributed by atoms with Gasteiger partial charge in [0.2, 0.25) is 0 Å². The highest BCUT2D eigenvalue weighted by molar-refractivity contribution is 5.68.